The van der Waals surface area contributed by atoms with E-state index in [0.29, 0.717) is 77.7 Å². The number of carbonyl (C=O) groups excluding carboxylic acids is 4. The fraction of sp³-hybridized carbons (Fsp3) is 0.208. The fourth-order valence-electron chi connectivity index (χ4n) is 7.87. The van der Waals surface area contributed by atoms with Crippen LogP contribution in [0, 0.1) is 11.6 Å². The number of nitrogens with one attached hydrogen (secondary N) is 3. The van der Waals surface area contributed by atoms with Crippen LogP contribution in [0.25, 0.3) is 21.5 Å². The number of hydrogen-bond acceptors (Lipinski definition) is 9. The van der Waals surface area contributed by atoms with Gasteiger partial charge >= 0.3 is 0 Å². The van der Waals surface area contributed by atoms with Gasteiger partial charge in [-0.15, -0.1) is 0 Å². The molecule has 0 spiro atoms. The zero-order valence-corrected chi connectivity index (χ0v) is 34.5. The second-order valence-corrected chi connectivity index (χ2v) is 15.4. The Balaban J connectivity index is 0.000000184. The minimum Gasteiger partial charge on any atom is -0.336 e. The van der Waals surface area contributed by atoms with Gasteiger partial charge in [0.2, 0.25) is 5.78 Å². The van der Waals surface area contributed by atoms with Crippen LogP contribution in [0.15, 0.2) is 125 Å². The second kappa shape index (κ2) is 19.1. The summed E-state index contributed by atoms with van der Waals surface area (Å²) in [7, 11) is 0. The van der Waals surface area contributed by atoms with E-state index in [1.807, 2.05) is 18.2 Å². The lowest BCUT2D eigenvalue weighted by molar-refractivity contribution is -0.127. The van der Waals surface area contributed by atoms with Crippen LogP contribution >= 0.6 is 0 Å². The molecule has 2 aliphatic heterocycles. The third-order valence-corrected chi connectivity index (χ3v) is 11.3. The number of amides is 3. The third-order valence-electron chi connectivity index (χ3n) is 11.3. The number of benzene rings is 5. The summed E-state index contributed by atoms with van der Waals surface area (Å²) in [4.78, 5) is 79.5. The van der Waals surface area contributed by atoms with Crippen molar-refractivity contribution in [1.82, 2.24) is 40.4 Å². The van der Waals surface area contributed by atoms with Crippen molar-refractivity contribution in [1.29, 1.82) is 0 Å². The van der Waals surface area contributed by atoms with Gasteiger partial charge in [-0.25, -0.2) is 19.0 Å². The highest BCUT2D eigenvalue weighted by Crippen LogP contribution is 2.22. The Hall–Kier alpha value is -7.72. The number of carbonyl (C=O) groups is 4. The third kappa shape index (κ3) is 9.36. The van der Waals surface area contributed by atoms with Crippen LogP contribution in [0.1, 0.15) is 53.6 Å². The Morgan fingerprint density at radius 1 is 0.516 bits per heavy atom. The molecule has 16 heteroatoms. The number of fused-ring (bicyclic) bond motifs is 2. The number of Topliss-reactive ketones (excluding diaryl/α,β-unsaturated/α-hetero) is 1. The lowest BCUT2D eigenvalue weighted by Crippen LogP contribution is -2.52. The minimum atomic E-state index is -0.647. The molecule has 2 fully saturated rings. The number of H-pyrrole nitrogens is 2. The molecule has 324 valence electrons. The van der Waals surface area contributed by atoms with Crippen LogP contribution in [-0.4, -0.2) is 111 Å². The molecule has 4 heterocycles. The summed E-state index contributed by atoms with van der Waals surface area (Å²) in [6, 6.07) is 31.5. The normalized spacial score (nSPS) is 13.9. The Labute approximate surface area is 364 Å². The topological polar surface area (TPSA) is 182 Å². The predicted octanol–water partition coefficient (Wildman–Crippen LogP) is 4.52. The van der Waals surface area contributed by atoms with Crippen LogP contribution in [-0.2, 0) is 17.6 Å². The Kier molecular flexibility index (Phi) is 12.8. The van der Waals surface area contributed by atoms with Gasteiger partial charge in [-0.1, -0.05) is 78.9 Å². The number of halogens is 2. The van der Waals surface area contributed by atoms with Crippen molar-refractivity contribution in [3.05, 3.63) is 187 Å². The molecule has 3 amide bonds. The fourth-order valence-corrected chi connectivity index (χ4v) is 7.87. The summed E-state index contributed by atoms with van der Waals surface area (Å²) in [5, 5.41) is 19.0. The molecule has 7 aromatic rings. The van der Waals surface area contributed by atoms with E-state index in [1.54, 1.807) is 83.8 Å². The number of ketones is 1. The molecule has 5 aromatic carbocycles. The van der Waals surface area contributed by atoms with Crippen LogP contribution < -0.4 is 16.4 Å². The van der Waals surface area contributed by atoms with Crippen LogP contribution in [0.5, 0.6) is 0 Å². The molecule has 0 bridgehead atoms. The number of aromatic amines is 2. The highest BCUT2D eigenvalue weighted by atomic mass is 19.1. The monoisotopic (exact) mass is 864 g/mol. The highest BCUT2D eigenvalue weighted by Gasteiger charge is 2.30. The first-order chi connectivity index (χ1) is 31.0. The maximum atomic E-state index is 14.7. The first-order valence-corrected chi connectivity index (χ1v) is 20.7. The molecule has 2 aliphatic rings. The summed E-state index contributed by atoms with van der Waals surface area (Å²) in [6.45, 7) is 3.27. The SMILES string of the molecule is O=C(C(=O)N1CCN(C(=O)c2cc(Cc3n[nH]c(=O)c4ccccc34)ccc2F)CC1)c1ccccc1.O=C(c1cc(Cc2n[nH]c(=O)c3ccccc23)ccc1F)N1CCNCC1. The van der Waals surface area contributed by atoms with E-state index in [-0.39, 0.29) is 54.3 Å². The standard InChI is InChI=1S/C28H23FN4O4.C20H19FN4O2/c29-23-11-10-18(17-24-20-8-4-5-9-21(20)26(35)31-30-24)16-22(23)27(36)32-12-14-33(15-13-32)28(37)25(34)19-6-2-1-3-7-19;21-17-6-5-13(11-16(17)20(27)25-9-7-22-8-10-25)12-18-14-3-1-2-4-15(14)19(26)24-23-18/h1-11,16H,12-15,17H2,(H,31,35);1-6,11,22H,7-10,12H2,(H,24,26). The van der Waals surface area contributed by atoms with Gasteiger partial charge in [0.25, 0.3) is 28.8 Å². The van der Waals surface area contributed by atoms with Crippen molar-refractivity contribution < 1.29 is 28.0 Å². The maximum absolute atomic E-state index is 14.7. The van der Waals surface area contributed by atoms with Crippen molar-refractivity contribution >= 4 is 45.0 Å². The van der Waals surface area contributed by atoms with Gasteiger partial charge in [0.05, 0.1) is 33.3 Å². The molecule has 2 saturated heterocycles. The van der Waals surface area contributed by atoms with Gasteiger partial charge in [-0.3, -0.25) is 28.8 Å². The number of aromatic nitrogens is 4. The van der Waals surface area contributed by atoms with E-state index in [0.717, 1.165) is 10.9 Å². The molecule has 9 rings (SSSR count). The average Bonchev–Trinajstić information content (AvgIpc) is 3.34. The molecule has 0 saturated carbocycles. The summed E-state index contributed by atoms with van der Waals surface area (Å²) in [5.74, 6) is -3.17. The molecule has 2 aromatic heterocycles. The Morgan fingerprint density at radius 2 is 0.938 bits per heavy atom. The molecule has 0 aliphatic carbocycles. The molecular formula is C48H42F2N8O6. The first-order valence-electron chi connectivity index (χ1n) is 20.7. The molecule has 0 atom stereocenters. The van der Waals surface area contributed by atoms with Gasteiger partial charge in [0.1, 0.15) is 11.6 Å². The molecule has 64 heavy (non-hydrogen) atoms. The van der Waals surface area contributed by atoms with Crippen LogP contribution in [0.2, 0.25) is 0 Å². The molecule has 0 radical (unpaired) electrons. The van der Waals surface area contributed by atoms with E-state index in [4.69, 9.17) is 0 Å². The van der Waals surface area contributed by atoms with Gasteiger partial charge in [0.15, 0.2) is 0 Å². The zero-order chi connectivity index (χ0) is 44.7. The molecular weight excluding hydrogens is 823 g/mol. The predicted molar refractivity (Wildman–Crippen MR) is 235 cm³/mol. The number of piperazine rings is 2. The molecule has 14 nitrogen and oxygen atoms in total. The van der Waals surface area contributed by atoms with Gasteiger partial charge in [0, 0.05) is 81.5 Å². The summed E-state index contributed by atoms with van der Waals surface area (Å²) in [6.07, 6.45) is 0.682. The van der Waals surface area contributed by atoms with Crippen molar-refractivity contribution in [3.63, 3.8) is 0 Å². The van der Waals surface area contributed by atoms with E-state index in [2.05, 4.69) is 25.7 Å². The van der Waals surface area contributed by atoms with E-state index in [9.17, 15) is 37.5 Å². The van der Waals surface area contributed by atoms with E-state index in [1.165, 1.54) is 28.0 Å². The van der Waals surface area contributed by atoms with E-state index >= 15 is 0 Å². The minimum absolute atomic E-state index is 0.0723. The lowest BCUT2D eigenvalue weighted by atomic mass is 10.0. The van der Waals surface area contributed by atoms with Gasteiger partial charge in [-0.2, -0.15) is 10.2 Å². The van der Waals surface area contributed by atoms with Gasteiger partial charge < -0.3 is 20.0 Å². The maximum Gasteiger partial charge on any atom is 0.295 e. The smallest absolute Gasteiger partial charge is 0.295 e. The lowest BCUT2D eigenvalue weighted by Gasteiger charge is -2.34. The van der Waals surface area contributed by atoms with Gasteiger partial charge in [-0.05, 0) is 47.5 Å². The highest BCUT2D eigenvalue weighted by molar-refractivity contribution is 6.42. The number of hydrogen-bond donors (Lipinski definition) is 3. The summed E-state index contributed by atoms with van der Waals surface area (Å²) in [5.41, 5.74) is 2.48. The van der Waals surface area contributed by atoms with E-state index < -0.39 is 29.2 Å². The number of rotatable bonds is 8. The Morgan fingerprint density at radius 3 is 1.42 bits per heavy atom. The zero-order valence-electron chi connectivity index (χ0n) is 34.5. The average molecular weight is 865 g/mol. The first kappa shape index (κ1) is 42.9. The second-order valence-electron chi connectivity index (χ2n) is 15.4. The molecule has 3 N–H and O–H groups in total. The van der Waals surface area contributed by atoms with Crippen molar-refractivity contribution in [2.24, 2.45) is 0 Å². The Bertz CT molecular complexity index is 3020. The summed E-state index contributed by atoms with van der Waals surface area (Å²) < 4.78 is 29.0. The largest absolute Gasteiger partial charge is 0.336 e. The summed E-state index contributed by atoms with van der Waals surface area (Å²) >= 11 is 0. The van der Waals surface area contributed by atoms with Crippen molar-refractivity contribution in [2.75, 3.05) is 52.4 Å². The molecule has 0 unspecified atom stereocenters. The quantitative estimate of drug-likeness (QED) is 0.146. The number of nitrogens with zero attached hydrogens (tertiary/aromatic N) is 5. The van der Waals surface area contributed by atoms with Crippen molar-refractivity contribution in [3.8, 4) is 0 Å². The van der Waals surface area contributed by atoms with Crippen molar-refractivity contribution in [2.45, 2.75) is 12.8 Å². The van der Waals surface area contributed by atoms with Crippen LogP contribution in [0.3, 0.4) is 0 Å². The van der Waals surface area contributed by atoms with Crippen LogP contribution in [0.4, 0.5) is 8.78 Å².